The van der Waals surface area contributed by atoms with Gasteiger partial charge in [-0.1, -0.05) is 6.92 Å². The van der Waals surface area contributed by atoms with Crippen LogP contribution in [0.15, 0.2) is 6.07 Å². The minimum absolute atomic E-state index is 0.335. The number of nitrogens with zero attached hydrogens (tertiary/aromatic N) is 4. The summed E-state index contributed by atoms with van der Waals surface area (Å²) in [6, 6.07) is 2.43. The van der Waals surface area contributed by atoms with E-state index in [0.717, 1.165) is 44.2 Å². The predicted molar refractivity (Wildman–Crippen MR) is 79.5 cm³/mol. The Morgan fingerprint density at radius 3 is 2.89 bits per heavy atom. The fourth-order valence-electron chi connectivity index (χ4n) is 2.42. The Hall–Kier alpha value is -1.56. The summed E-state index contributed by atoms with van der Waals surface area (Å²) in [5, 5.41) is 3.27. The maximum atomic E-state index is 5.81. The van der Waals surface area contributed by atoms with Crippen molar-refractivity contribution in [2.24, 2.45) is 0 Å². The minimum Gasteiger partial charge on any atom is -0.370 e. The Morgan fingerprint density at radius 1 is 1.42 bits per heavy atom. The van der Waals surface area contributed by atoms with E-state index in [1.165, 1.54) is 0 Å². The number of hydrogen-bond acceptors (Lipinski definition) is 6. The SMILES string of the molecule is CCCNc1cc(N2CCN(C)CC2C)nc(N)n1. The van der Waals surface area contributed by atoms with Crippen LogP contribution in [0.1, 0.15) is 20.3 Å². The van der Waals surface area contributed by atoms with Gasteiger partial charge in [0.15, 0.2) is 0 Å². The molecule has 6 heteroatoms. The second-order valence-corrected chi connectivity index (χ2v) is 5.20. The van der Waals surface area contributed by atoms with Gasteiger partial charge in [0.25, 0.3) is 0 Å². The lowest BCUT2D eigenvalue weighted by Crippen LogP contribution is -2.50. The van der Waals surface area contributed by atoms with Crippen LogP contribution in [-0.4, -0.2) is 54.1 Å². The molecule has 1 atom stereocenters. The Bertz CT molecular complexity index is 422. The summed E-state index contributed by atoms with van der Waals surface area (Å²) < 4.78 is 0. The number of nitrogen functional groups attached to an aromatic ring is 1. The molecule has 1 aliphatic heterocycles. The van der Waals surface area contributed by atoms with E-state index >= 15 is 0 Å². The molecule has 1 saturated heterocycles. The van der Waals surface area contributed by atoms with E-state index < -0.39 is 0 Å². The van der Waals surface area contributed by atoms with Gasteiger partial charge in [0, 0.05) is 38.3 Å². The van der Waals surface area contributed by atoms with Crippen molar-refractivity contribution in [3.8, 4) is 0 Å². The maximum absolute atomic E-state index is 5.81. The lowest BCUT2D eigenvalue weighted by molar-refractivity contribution is 0.274. The molecule has 0 amide bonds. The first kappa shape index (κ1) is 13.9. The number of anilines is 3. The number of piperazine rings is 1. The molecule has 0 spiro atoms. The molecule has 0 aliphatic carbocycles. The molecule has 0 aromatic carbocycles. The molecular formula is C13H24N6. The first-order valence-electron chi connectivity index (χ1n) is 6.93. The van der Waals surface area contributed by atoms with Gasteiger partial charge in [-0.2, -0.15) is 9.97 Å². The van der Waals surface area contributed by atoms with Crippen LogP contribution >= 0.6 is 0 Å². The van der Waals surface area contributed by atoms with E-state index in [4.69, 9.17) is 5.73 Å². The van der Waals surface area contributed by atoms with Gasteiger partial charge in [0.05, 0.1) is 0 Å². The third-order valence-corrected chi connectivity index (χ3v) is 3.41. The Balaban J connectivity index is 2.16. The number of likely N-dealkylation sites (N-methyl/N-ethyl adjacent to an activating group) is 1. The number of aromatic nitrogens is 2. The van der Waals surface area contributed by atoms with Crippen molar-refractivity contribution in [1.82, 2.24) is 14.9 Å². The lowest BCUT2D eigenvalue weighted by atomic mass is 10.2. The van der Waals surface area contributed by atoms with Gasteiger partial charge in [0.2, 0.25) is 5.95 Å². The fraction of sp³-hybridized carbons (Fsp3) is 0.692. The Morgan fingerprint density at radius 2 is 2.21 bits per heavy atom. The molecule has 0 radical (unpaired) electrons. The third-order valence-electron chi connectivity index (χ3n) is 3.41. The van der Waals surface area contributed by atoms with Crippen LogP contribution in [0.3, 0.4) is 0 Å². The summed E-state index contributed by atoms with van der Waals surface area (Å²) in [4.78, 5) is 13.2. The van der Waals surface area contributed by atoms with Gasteiger partial charge >= 0.3 is 0 Å². The average Bonchev–Trinajstić information content (AvgIpc) is 2.35. The highest BCUT2D eigenvalue weighted by Gasteiger charge is 2.23. The monoisotopic (exact) mass is 264 g/mol. The maximum Gasteiger partial charge on any atom is 0.223 e. The van der Waals surface area contributed by atoms with E-state index in [1.54, 1.807) is 0 Å². The molecule has 1 aromatic heterocycles. The highest BCUT2D eigenvalue weighted by atomic mass is 15.3. The predicted octanol–water partition coefficient (Wildman–Crippen LogP) is 1.02. The van der Waals surface area contributed by atoms with E-state index in [9.17, 15) is 0 Å². The summed E-state index contributed by atoms with van der Waals surface area (Å²) in [6.45, 7) is 8.30. The Labute approximate surface area is 115 Å². The zero-order chi connectivity index (χ0) is 13.8. The molecule has 1 aliphatic rings. The largest absolute Gasteiger partial charge is 0.370 e. The van der Waals surface area contributed by atoms with Gasteiger partial charge in [-0.15, -0.1) is 0 Å². The quantitative estimate of drug-likeness (QED) is 0.846. The fourth-order valence-corrected chi connectivity index (χ4v) is 2.42. The average molecular weight is 264 g/mol. The van der Waals surface area contributed by atoms with Crippen LogP contribution in [0.2, 0.25) is 0 Å². The van der Waals surface area contributed by atoms with Crippen LogP contribution < -0.4 is 16.0 Å². The molecule has 0 saturated carbocycles. The van der Waals surface area contributed by atoms with Crippen LogP contribution in [0.5, 0.6) is 0 Å². The van der Waals surface area contributed by atoms with Crippen molar-refractivity contribution >= 4 is 17.6 Å². The second-order valence-electron chi connectivity index (χ2n) is 5.20. The molecule has 0 bridgehead atoms. The molecule has 1 fully saturated rings. The second kappa shape index (κ2) is 6.06. The zero-order valence-electron chi connectivity index (χ0n) is 12.1. The van der Waals surface area contributed by atoms with E-state index in [-0.39, 0.29) is 0 Å². The Kier molecular flexibility index (Phi) is 4.42. The molecule has 3 N–H and O–H groups in total. The van der Waals surface area contributed by atoms with Crippen LogP contribution in [0, 0.1) is 0 Å². The number of nitrogens with two attached hydrogens (primary N) is 1. The first-order chi connectivity index (χ1) is 9.10. The van der Waals surface area contributed by atoms with E-state index in [2.05, 4.69) is 46.0 Å². The van der Waals surface area contributed by atoms with Gasteiger partial charge in [-0.25, -0.2) is 0 Å². The smallest absolute Gasteiger partial charge is 0.223 e. The van der Waals surface area contributed by atoms with Crippen molar-refractivity contribution in [2.75, 3.05) is 49.2 Å². The number of rotatable bonds is 4. The molecule has 6 nitrogen and oxygen atoms in total. The van der Waals surface area contributed by atoms with Gasteiger partial charge < -0.3 is 20.9 Å². The van der Waals surface area contributed by atoms with Gasteiger partial charge in [-0.3, -0.25) is 0 Å². The van der Waals surface area contributed by atoms with Gasteiger partial charge in [0.1, 0.15) is 11.6 Å². The molecule has 2 rings (SSSR count). The third kappa shape index (κ3) is 3.47. The summed E-state index contributed by atoms with van der Waals surface area (Å²) in [5.41, 5.74) is 5.81. The van der Waals surface area contributed by atoms with Crippen molar-refractivity contribution in [2.45, 2.75) is 26.3 Å². The normalized spacial score (nSPS) is 20.6. The van der Waals surface area contributed by atoms with Crippen molar-refractivity contribution in [1.29, 1.82) is 0 Å². The van der Waals surface area contributed by atoms with Crippen molar-refractivity contribution < 1.29 is 0 Å². The molecule has 106 valence electrons. The van der Waals surface area contributed by atoms with Crippen LogP contribution in [0.25, 0.3) is 0 Å². The number of nitrogens with one attached hydrogen (secondary N) is 1. The number of hydrogen-bond donors (Lipinski definition) is 2. The zero-order valence-corrected chi connectivity index (χ0v) is 12.1. The molecule has 1 unspecified atom stereocenters. The van der Waals surface area contributed by atoms with E-state index in [1.807, 2.05) is 6.07 Å². The lowest BCUT2D eigenvalue weighted by Gasteiger charge is -2.39. The standard InChI is InChI=1S/C13H24N6/c1-4-5-15-11-8-12(17-13(14)16-11)19-7-6-18(3)9-10(19)2/h8,10H,4-7,9H2,1-3H3,(H3,14,15,16,17). The molecule has 1 aromatic rings. The van der Waals surface area contributed by atoms with Crippen LogP contribution in [0.4, 0.5) is 17.6 Å². The summed E-state index contributed by atoms with van der Waals surface area (Å²) in [7, 11) is 2.15. The molecule has 2 heterocycles. The summed E-state index contributed by atoms with van der Waals surface area (Å²) in [5.74, 6) is 2.07. The molecule has 19 heavy (non-hydrogen) atoms. The van der Waals surface area contributed by atoms with E-state index in [0.29, 0.717) is 12.0 Å². The highest BCUT2D eigenvalue weighted by molar-refractivity contribution is 5.53. The van der Waals surface area contributed by atoms with Crippen molar-refractivity contribution in [3.63, 3.8) is 0 Å². The van der Waals surface area contributed by atoms with Crippen LogP contribution in [-0.2, 0) is 0 Å². The first-order valence-corrected chi connectivity index (χ1v) is 6.93. The minimum atomic E-state index is 0.335. The highest BCUT2D eigenvalue weighted by Crippen LogP contribution is 2.21. The summed E-state index contributed by atoms with van der Waals surface area (Å²) in [6.07, 6.45) is 1.06. The van der Waals surface area contributed by atoms with Gasteiger partial charge in [-0.05, 0) is 20.4 Å². The molecular weight excluding hydrogens is 240 g/mol. The topological polar surface area (TPSA) is 70.3 Å². The van der Waals surface area contributed by atoms with Crippen molar-refractivity contribution in [3.05, 3.63) is 6.07 Å². The summed E-state index contributed by atoms with van der Waals surface area (Å²) >= 11 is 0.